The monoisotopic (exact) mass is 327 g/mol. The molecule has 1 aliphatic rings. The zero-order chi connectivity index (χ0) is 14.2. The van der Waals surface area contributed by atoms with Gasteiger partial charge in [-0.3, -0.25) is 9.89 Å². The highest BCUT2D eigenvalue weighted by molar-refractivity contribution is 9.10. The van der Waals surface area contributed by atoms with Crippen LogP contribution in [0, 0.1) is 5.82 Å². The average molecular weight is 328 g/mol. The van der Waals surface area contributed by atoms with E-state index >= 15 is 0 Å². The third-order valence-electron chi connectivity index (χ3n) is 3.44. The molecule has 1 aliphatic heterocycles. The Balaban J connectivity index is 2.63. The lowest BCUT2D eigenvalue weighted by molar-refractivity contribution is -0.114. The van der Waals surface area contributed by atoms with Crippen molar-refractivity contribution in [2.75, 3.05) is 13.6 Å². The normalized spacial score (nSPS) is 28.0. The molecule has 2 N–H and O–H groups in total. The maximum Gasteiger partial charge on any atom is 0.139 e. The molecule has 19 heavy (non-hydrogen) atoms. The first-order valence-corrected chi connectivity index (χ1v) is 6.63. The van der Waals surface area contributed by atoms with Gasteiger partial charge in [0, 0.05) is 10.0 Å². The topological polar surface area (TPSA) is 58.7 Å². The molecule has 0 saturated carbocycles. The van der Waals surface area contributed by atoms with Gasteiger partial charge < -0.3 is 10.5 Å². The van der Waals surface area contributed by atoms with E-state index in [4.69, 9.17) is 5.73 Å². The molecule has 0 radical (unpaired) electrons. The first-order chi connectivity index (χ1) is 8.88. The van der Waals surface area contributed by atoms with Crippen LogP contribution < -0.4 is 5.73 Å². The van der Waals surface area contributed by atoms with E-state index in [1.54, 1.807) is 31.0 Å². The second-order valence-electron chi connectivity index (χ2n) is 4.87. The number of benzene rings is 1. The molecule has 1 aromatic carbocycles. The molecule has 0 saturated heterocycles. The highest BCUT2D eigenvalue weighted by Crippen LogP contribution is 2.36. The Morgan fingerprint density at radius 2 is 2.32 bits per heavy atom. The fourth-order valence-corrected chi connectivity index (χ4v) is 2.89. The summed E-state index contributed by atoms with van der Waals surface area (Å²) in [5.74, 6) is -0.00752. The second-order valence-corrected chi connectivity index (χ2v) is 5.79. The molecule has 0 fully saturated rings. The van der Waals surface area contributed by atoms with Crippen LogP contribution in [0.5, 0.6) is 0 Å². The summed E-state index contributed by atoms with van der Waals surface area (Å²) >= 11 is 3.31. The molecule has 2 rings (SSSR count). The summed E-state index contributed by atoms with van der Waals surface area (Å²) in [6.45, 7) is 2.12. The van der Waals surface area contributed by atoms with Gasteiger partial charge in [-0.2, -0.15) is 0 Å². The first kappa shape index (κ1) is 14.1. The lowest BCUT2D eigenvalue weighted by Crippen LogP contribution is -2.55. The minimum Gasteiger partial charge on any atom is -0.386 e. The maximum absolute atomic E-state index is 14.1. The van der Waals surface area contributed by atoms with Gasteiger partial charge in [-0.05, 0) is 32.2 Å². The van der Waals surface area contributed by atoms with E-state index < -0.39 is 17.4 Å². The van der Waals surface area contributed by atoms with E-state index in [2.05, 4.69) is 20.9 Å². The Hall–Kier alpha value is -1.27. The molecule has 0 bridgehead atoms. The number of hydrogen-bond donors (Lipinski definition) is 1. The standard InChI is InChI=1S/C13H15BrFN3O/c1-13(9-5-8(14)3-4-10(9)15)11(7-19)18(2)6-12(16)17-13/h3-5,7,11H,6H2,1-2H3,(H2,16,17). The molecule has 6 heteroatoms. The first-order valence-electron chi connectivity index (χ1n) is 5.83. The average Bonchev–Trinajstić information content (AvgIpc) is 2.31. The van der Waals surface area contributed by atoms with Crippen molar-refractivity contribution < 1.29 is 9.18 Å². The van der Waals surface area contributed by atoms with Crippen molar-refractivity contribution in [2.45, 2.75) is 18.5 Å². The van der Waals surface area contributed by atoms with Crippen molar-refractivity contribution in [3.63, 3.8) is 0 Å². The van der Waals surface area contributed by atoms with E-state index in [1.165, 1.54) is 6.07 Å². The molecular formula is C13H15BrFN3O. The van der Waals surface area contributed by atoms with Gasteiger partial charge in [-0.1, -0.05) is 15.9 Å². The lowest BCUT2D eigenvalue weighted by Gasteiger charge is -2.41. The zero-order valence-corrected chi connectivity index (χ0v) is 12.3. The van der Waals surface area contributed by atoms with E-state index in [-0.39, 0.29) is 0 Å². The van der Waals surface area contributed by atoms with Crippen LogP contribution in [0.4, 0.5) is 4.39 Å². The van der Waals surface area contributed by atoms with Crippen molar-refractivity contribution in [3.8, 4) is 0 Å². The number of hydrogen-bond acceptors (Lipinski definition) is 4. The summed E-state index contributed by atoms with van der Waals surface area (Å²) in [4.78, 5) is 17.5. The van der Waals surface area contributed by atoms with E-state index in [0.717, 1.165) is 10.8 Å². The van der Waals surface area contributed by atoms with E-state index in [1.807, 2.05) is 0 Å². The van der Waals surface area contributed by atoms with Gasteiger partial charge in [0.05, 0.1) is 12.6 Å². The molecule has 1 heterocycles. The third kappa shape index (κ3) is 2.42. The van der Waals surface area contributed by atoms with Gasteiger partial charge in [0.15, 0.2) is 0 Å². The van der Waals surface area contributed by atoms with Gasteiger partial charge in [0.2, 0.25) is 0 Å². The number of nitrogens with two attached hydrogens (primary N) is 1. The number of nitrogens with zero attached hydrogens (tertiary/aromatic N) is 2. The molecule has 0 aliphatic carbocycles. The molecular weight excluding hydrogens is 313 g/mol. The molecule has 0 spiro atoms. The Bertz CT molecular complexity index is 549. The lowest BCUT2D eigenvalue weighted by atomic mass is 9.83. The zero-order valence-electron chi connectivity index (χ0n) is 10.7. The Morgan fingerprint density at radius 3 is 2.95 bits per heavy atom. The van der Waals surface area contributed by atoms with Crippen molar-refractivity contribution in [2.24, 2.45) is 10.7 Å². The van der Waals surface area contributed by atoms with Gasteiger partial charge in [0.25, 0.3) is 0 Å². The number of aldehydes is 1. The van der Waals surface area contributed by atoms with Crippen LogP contribution in [-0.4, -0.2) is 36.7 Å². The molecule has 0 aromatic heterocycles. The Labute approximate surface area is 119 Å². The van der Waals surface area contributed by atoms with Crippen molar-refractivity contribution in [3.05, 3.63) is 34.1 Å². The van der Waals surface area contributed by atoms with E-state index in [0.29, 0.717) is 17.9 Å². The maximum atomic E-state index is 14.1. The number of aliphatic imine (C=N–C) groups is 1. The fraction of sp³-hybridized carbons (Fsp3) is 0.385. The van der Waals surface area contributed by atoms with Crippen LogP contribution in [-0.2, 0) is 10.3 Å². The van der Waals surface area contributed by atoms with Gasteiger partial charge >= 0.3 is 0 Å². The SMILES string of the molecule is CN1CC(N)=NC(C)(c2cc(Br)ccc2F)C1C=O. The fourth-order valence-electron chi connectivity index (χ4n) is 2.52. The molecule has 1 aromatic rings. The summed E-state index contributed by atoms with van der Waals surface area (Å²) in [7, 11) is 1.77. The molecule has 102 valence electrons. The number of carbonyl (C=O) groups excluding carboxylic acids is 1. The minimum atomic E-state index is -1.02. The van der Waals surface area contributed by atoms with Gasteiger partial charge in [0.1, 0.15) is 23.5 Å². The van der Waals surface area contributed by atoms with Gasteiger partial charge in [-0.15, -0.1) is 0 Å². The van der Waals surface area contributed by atoms with Crippen LogP contribution in [0.3, 0.4) is 0 Å². The quantitative estimate of drug-likeness (QED) is 0.841. The number of halogens is 2. The van der Waals surface area contributed by atoms with Crippen LogP contribution in [0.2, 0.25) is 0 Å². The van der Waals surface area contributed by atoms with Crippen LogP contribution >= 0.6 is 15.9 Å². The number of carbonyl (C=O) groups is 1. The largest absolute Gasteiger partial charge is 0.386 e. The minimum absolute atomic E-state index is 0.355. The third-order valence-corrected chi connectivity index (χ3v) is 3.93. The number of rotatable bonds is 2. The highest BCUT2D eigenvalue weighted by atomic mass is 79.9. The molecule has 2 atom stereocenters. The predicted molar refractivity (Wildman–Crippen MR) is 75.6 cm³/mol. The summed E-state index contributed by atoms with van der Waals surface area (Å²) in [5, 5.41) is 0. The summed E-state index contributed by atoms with van der Waals surface area (Å²) in [5.41, 5.74) is 5.14. The molecule has 2 unspecified atom stereocenters. The number of likely N-dealkylation sites (N-methyl/N-ethyl adjacent to an activating group) is 1. The Morgan fingerprint density at radius 1 is 1.63 bits per heavy atom. The second kappa shape index (κ2) is 5.02. The molecule has 0 amide bonds. The summed E-state index contributed by atoms with van der Waals surface area (Å²) < 4.78 is 14.8. The van der Waals surface area contributed by atoms with Crippen LogP contribution in [0.25, 0.3) is 0 Å². The smallest absolute Gasteiger partial charge is 0.139 e. The van der Waals surface area contributed by atoms with Crippen molar-refractivity contribution in [1.29, 1.82) is 0 Å². The van der Waals surface area contributed by atoms with Crippen molar-refractivity contribution in [1.82, 2.24) is 4.90 Å². The predicted octanol–water partition coefficient (Wildman–Crippen LogP) is 1.67. The Kier molecular flexibility index (Phi) is 3.73. The summed E-state index contributed by atoms with van der Waals surface area (Å²) in [6, 6.07) is 4.05. The summed E-state index contributed by atoms with van der Waals surface area (Å²) in [6.07, 6.45) is 0.788. The van der Waals surface area contributed by atoms with Crippen molar-refractivity contribution >= 4 is 28.1 Å². The van der Waals surface area contributed by atoms with Crippen LogP contribution in [0.1, 0.15) is 12.5 Å². The van der Waals surface area contributed by atoms with Crippen LogP contribution in [0.15, 0.2) is 27.7 Å². The van der Waals surface area contributed by atoms with E-state index in [9.17, 15) is 9.18 Å². The van der Waals surface area contributed by atoms with Gasteiger partial charge in [-0.25, -0.2) is 4.39 Å². The number of amidine groups is 1. The highest BCUT2D eigenvalue weighted by Gasteiger charge is 2.43. The molecule has 4 nitrogen and oxygen atoms in total.